The monoisotopic (exact) mass is 321 g/mol. The maximum atomic E-state index is 12.0. The second-order valence-electron chi connectivity index (χ2n) is 5.90. The van der Waals surface area contributed by atoms with E-state index in [0.29, 0.717) is 6.42 Å². The van der Waals surface area contributed by atoms with Crippen molar-refractivity contribution in [3.8, 4) is 0 Å². The van der Waals surface area contributed by atoms with Gasteiger partial charge in [-0.05, 0) is 36.8 Å². The van der Waals surface area contributed by atoms with Gasteiger partial charge in [-0.3, -0.25) is 4.79 Å². The molecule has 0 aliphatic heterocycles. The fourth-order valence-corrected chi connectivity index (χ4v) is 2.60. The van der Waals surface area contributed by atoms with E-state index in [9.17, 15) is 4.79 Å². The minimum atomic E-state index is 0.157. The molecule has 0 heterocycles. The predicted molar refractivity (Wildman–Crippen MR) is 82.7 cm³/mol. The van der Waals surface area contributed by atoms with Gasteiger partial charge in [0.05, 0.1) is 0 Å². The van der Waals surface area contributed by atoms with Gasteiger partial charge in [0, 0.05) is 28.4 Å². The van der Waals surface area contributed by atoms with Crippen molar-refractivity contribution < 1.29 is 4.79 Å². The molecule has 0 spiro atoms. The normalized spacial score (nSPS) is 24.8. The van der Waals surface area contributed by atoms with E-state index in [4.69, 9.17) is 0 Å². The van der Waals surface area contributed by atoms with Crippen molar-refractivity contribution in [2.45, 2.75) is 39.5 Å². The number of allylic oxidation sites excluding steroid dienone is 6. The lowest BCUT2D eigenvalue weighted by molar-refractivity contribution is -0.118. The maximum Gasteiger partial charge on any atom is 0.160 e. The Bertz CT molecular complexity index is 495. The Labute approximate surface area is 123 Å². The van der Waals surface area contributed by atoms with Gasteiger partial charge in [0.2, 0.25) is 0 Å². The van der Waals surface area contributed by atoms with Crippen molar-refractivity contribution in [2.75, 3.05) is 0 Å². The van der Waals surface area contributed by atoms with E-state index in [1.54, 1.807) is 0 Å². The summed E-state index contributed by atoms with van der Waals surface area (Å²) in [5.74, 6) is 0.279. The molecule has 0 atom stereocenters. The third kappa shape index (κ3) is 4.20. The van der Waals surface area contributed by atoms with Crippen molar-refractivity contribution in [1.29, 1.82) is 0 Å². The molecule has 0 amide bonds. The summed E-state index contributed by atoms with van der Waals surface area (Å²) in [6.07, 6.45) is 13.6. The summed E-state index contributed by atoms with van der Waals surface area (Å²) in [5, 5.41) is 3.25. The van der Waals surface area contributed by atoms with Crippen LogP contribution < -0.4 is 5.32 Å². The molecule has 2 aliphatic rings. The molecule has 102 valence electrons. The Balaban J connectivity index is 1.98. The van der Waals surface area contributed by atoms with Crippen molar-refractivity contribution in [2.24, 2.45) is 5.41 Å². The summed E-state index contributed by atoms with van der Waals surface area (Å²) in [5.41, 5.74) is 2.12. The molecule has 0 aromatic heterocycles. The third-order valence-electron chi connectivity index (χ3n) is 3.55. The average molecular weight is 322 g/mol. The molecule has 0 aromatic rings. The molecule has 0 bridgehead atoms. The smallest absolute Gasteiger partial charge is 0.160 e. The van der Waals surface area contributed by atoms with Crippen LogP contribution in [-0.4, -0.2) is 5.78 Å². The minimum absolute atomic E-state index is 0.157. The highest BCUT2D eigenvalue weighted by Crippen LogP contribution is 2.35. The topological polar surface area (TPSA) is 29.1 Å². The first-order valence-corrected chi connectivity index (χ1v) is 7.48. The molecule has 1 saturated carbocycles. The van der Waals surface area contributed by atoms with Crippen molar-refractivity contribution in [3.05, 3.63) is 46.3 Å². The fourth-order valence-electron chi connectivity index (χ4n) is 2.28. The van der Waals surface area contributed by atoms with Crippen LogP contribution >= 0.6 is 15.9 Å². The van der Waals surface area contributed by atoms with E-state index in [-0.39, 0.29) is 11.2 Å². The number of halogens is 1. The molecule has 0 aromatic carbocycles. The molecule has 0 unspecified atom stereocenters. The van der Waals surface area contributed by atoms with Crippen LogP contribution in [0.4, 0.5) is 0 Å². The van der Waals surface area contributed by atoms with E-state index in [0.717, 1.165) is 35.0 Å². The van der Waals surface area contributed by atoms with E-state index >= 15 is 0 Å². The lowest BCUT2D eigenvalue weighted by Crippen LogP contribution is -2.25. The van der Waals surface area contributed by atoms with E-state index in [1.165, 1.54) is 0 Å². The standard InChI is InChI=1S/C16H20BrNO/c1-16(2)9-8-12(15(19)10-16)11-18-14-5-3-4-13(17)6-7-14/h4-7,11,18H,3,8-10H2,1-2H3/b12-11-. The minimum Gasteiger partial charge on any atom is -0.362 e. The Morgan fingerprint density at radius 2 is 2.11 bits per heavy atom. The van der Waals surface area contributed by atoms with Gasteiger partial charge in [-0.15, -0.1) is 0 Å². The van der Waals surface area contributed by atoms with Crippen LogP contribution in [-0.2, 0) is 4.79 Å². The lowest BCUT2D eigenvalue weighted by Gasteiger charge is -2.29. The molecule has 2 rings (SSSR count). The Kier molecular flexibility index (Phi) is 4.46. The summed E-state index contributed by atoms with van der Waals surface area (Å²) in [7, 11) is 0. The van der Waals surface area contributed by atoms with Gasteiger partial charge >= 0.3 is 0 Å². The number of rotatable bonds is 2. The average Bonchev–Trinajstić information content (AvgIpc) is 2.52. The van der Waals surface area contributed by atoms with Crippen LogP contribution in [0.25, 0.3) is 0 Å². The summed E-state index contributed by atoms with van der Waals surface area (Å²) < 4.78 is 1.09. The molecule has 0 radical (unpaired) electrons. The number of carbonyl (C=O) groups excluding carboxylic acids is 1. The number of hydrogen-bond donors (Lipinski definition) is 1. The van der Waals surface area contributed by atoms with Crippen LogP contribution in [0.2, 0.25) is 0 Å². The number of hydrogen-bond acceptors (Lipinski definition) is 2. The highest BCUT2D eigenvalue weighted by Gasteiger charge is 2.29. The number of Topliss-reactive ketones (excluding diaryl/α,β-unsaturated/α-hetero) is 1. The Morgan fingerprint density at radius 3 is 2.84 bits per heavy atom. The number of nitrogens with one attached hydrogen (secondary N) is 1. The van der Waals surface area contributed by atoms with E-state index < -0.39 is 0 Å². The van der Waals surface area contributed by atoms with Crippen LogP contribution in [0.3, 0.4) is 0 Å². The second-order valence-corrected chi connectivity index (χ2v) is 6.81. The number of ketones is 1. The van der Waals surface area contributed by atoms with Crippen molar-refractivity contribution in [1.82, 2.24) is 5.32 Å². The van der Waals surface area contributed by atoms with Gasteiger partial charge in [0.1, 0.15) is 0 Å². The van der Waals surface area contributed by atoms with Gasteiger partial charge in [-0.25, -0.2) is 0 Å². The molecular formula is C16H20BrNO. The SMILES string of the molecule is CC1(C)CC/C(=C/NC2=CCC=C(Br)C=C2)C(=O)C1. The Hall–Kier alpha value is -1.09. The summed E-state index contributed by atoms with van der Waals surface area (Å²) in [6, 6.07) is 0. The molecule has 0 saturated heterocycles. The van der Waals surface area contributed by atoms with E-state index in [2.05, 4.69) is 47.2 Å². The molecule has 2 aliphatic carbocycles. The van der Waals surface area contributed by atoms with Crippen molar-refractivity contribution >= 4 is 21.7 Å². The van der Waals surface area contributed by atoms with Gasteiger partial charge in [0.15, 0.2) is 5.78 Å². The highest BCUT2D eigenvalue weighted by molar-refractivity contribution is 9.11. The highest BCUT2D eigenvalue weighted by atomic mass is 79.9. The summed E-state index contributed by atoms with van der Waals surface area (Å²) in [4.78, 5) is 12.0. The lowest BCUT2D eigenvalue weighted by atomic mass is 9.75. The van der Waals surface area contributed by atoms with Crippen LogP contribution in [0.15, 0.2) is 46.3 Å². The van der Waals surface area contributed by atoms with E-state index in [1.807, 2.05) is 18.4 Å². The molecule has 19 heavy (non-hydrogen) atoms. The quantitative estimate of drug-likeness (QED) is 0.765. The number of carbonyl (C=O) groups is 1. The fraction of sp³-hybridized carbons (Fsp3) is 0.438. The molecule has 3 heteroatoms. The van der Waals surface area contributed by atoms with Crippen LogP contribution in [0.5, 0.6) is 0 Å². The van der Waals surface area contributed by atoms with Crippen LogP contribution in [0, 0.1) is 5.41 Å². The zero-order chi connectivity index (χ0) is 13.9. The molecule has 2 nitrogen and oxygen atoms in total. The molecular weight excluding hydrogens is 302 g/mol. The summed E-state index contributed by atoms with van der Waals surface area (Å²) in [6.45, 7) is 4.32. The maximum absolute atomic E-state index is 12.0. The van der Waals surface area contributed by atoms with Gasteiger partial charge < -0.3 is 5.32 Å². The van der Waals surface area contributed by atoms with Gasteiger partial charge in [-0.2, -0.15) is 0 Å². The first-order chi connectivity index (χ1) is 8.96. The largest absolute Gasteiger partial charge is 0.362 e. The first-order valence-electron chi connectivity index (χ1n) is 6.69. The predicted octanol–water partition coefficient (Wildman–Crippen LogP) is 4.36. The second kappa shape index (κ2) is 5.91. The summed E-state index contributed by atoms with van der Waals surface area (Å²) >= 11 is 3.46. The molecule has 1 N–H and O–H groups in total. The van der Waals surface area contributed by atoms with Gasteiger partial charge in [-0.1, -0.05) is 41.9 Å². The van der Waals surface area contributed by atoms with Crippen LogP contribution in [0.1, 0.15) is 39.5 Å². The molecule has 1 fully saturated rings. The Morgan fingerprint density at radius 1 is 1.32 bits per heavy atom. The van der Waals surface area contributed by atoms with Gasteiger partial charge in [0.25, 0.3) is 0 Å². The first kappa shape index (κ1) is 14.3. The third-order valence-corrected chi connectivity index (χ3v) is 4.14. The zero-order valence-corrected chi connectivity index (χ0v) is 13.1. The van der Waals surface area contributed by atoms with Crippen molar-refractivity contribution in [3.63, 3.8) is 0 Å². The zero-order valence-electron chi connectivity index (χ0n) is 11.5.